The summed E-state index contributed by atoms with van der Waals surface area (Å²) >= 11 is 0. The molecular formula is C32H22NP. The van der Waals surface area contributed by atoms with Crippen molar-refractivity contribution in [2.75, 3.05) is 5.32 Å². The summed E-state index contributed by atoms with van der Waals surface area (Å²) in [5.41, 5.74) is 7.44. The van der Waals surface area contributed by atoms with E-state index in [9.17, 15) is 0 Å². The van der Waals surface area contributed by atoms with Crippen molar-refractivity contribution in [1.82, 2.24) is 0 Å². The van der Waals surface area contributed by atoms with Crippen LogP contribution in [0.4, 0.5) is 11.4 Å². The topological polar surface area (TPSA) is 12.0 Å². The van der Waals surface area contributed by atoms with E-state index in [-0.39, 0.29) is 0 Å². The fourth-order valence-corrected chi connectivity index (χ4v) is 6.54. The molecule has 0 aliphatic carbocycles. The maximum Gasteiger partial charge on any atom is 0.0544 e. The Hall–Kier alpha value is -3.93. The molecule has 6 aromatic rings. The van der Waals surface area contributed by atoms with Crippen LogP contribution in [0.5, 0.6) is 0 Å². The van der Waals surface area contributed by atoms with E-state index in [1.807, 2.05) is 0 Å². The third kappa shape index (κ3) is 3.05. The van der Waals surface area contributed by atoms with Gasteiger partial charge in [0.05, 0.1) is 11.4 Å². The van der Waals surface area contributed by atoms with Gasteiger partial charge in [-0.1, -0.05) is 130 Å². The number of nitrogens with one attached hydrogen (secondary N) is 1. The monoisotopic (exact) mass is 451 g/mol. The van der Waals surface area contributed by atoms with Crippen molar-refractivity contribution in [3.05, 3.63) is 121 Å². The Morgan fingerprint density at radius 3 is 1.35 bits per heavy atom. The van der Waals surface area contributed by atoms with Crippen molar-refractivity contribution in [1.29, 1.82) is 0 Å². The number of hydrogen-bond acceptors (Lipinski definition) is 1. The molecule has 7 rings (SSSR count). The number of benzene rings is 6. The molecule has 0 atom stereocenters. The van der Waals surface area contributed by atoms with E-state index in [1.54, 1.807) is 0 Å². The predicted molar refractivity (Wildman–Crippen MR) is 150 cm³/mol. The number of fused-ring (bicyclic) bond motifs is 10. The molecule has 0 aromatic heterocycles. The van der Waals surface area contributed by atoms with Gasteiger partial charge in [-0.3, -0.25) is 0 Å². The Bertz CT molecular complexity index is 1590. The van der Waals surface area contributed by atoms with E-state index in [2.05, 4.69) is 127 Å². The first-order valence-corrected chi connectivity index (χ1v) is 12.6. The smallest absolute Gasteiger partial charge is 0.0544 e. The van der Waals surface area contributed by atoms with Gasteiger partial charge in [0.25, 0.3) is 0 Å². The van der Waals surface area contributed by atoms with Crippen LogP contribution >= 0.6 is 8.58 Å². The summed E-state index contributed by atoms with van der Waals surface area (Å²) in [7, 11) is 0.575. The highest BCUT2D eigenvalue weighted by molar-refractivity contribution is 7.56. The summed E-state index contributed by atoms with van der Waals surface area (Å²) in [5, 5.41) is 11.7. The van der Waals surface area contributed by atoms with Gasteiger partial charge >= 0.3 is 0 Å². The lowest BCUT2D eigenvalue weighted by molar-refractivity contribution is 1.57. The Morgan fingerprint density at radius 2 is 0.824 bits per heavy atom. The molecule has 0 amide bonds. The molecule has 1 N–H and O–H groups in total. The van der Waals surface area contributed by atoms with Crippen molar-refractivity contribution < 1.29 is 0 Å². The van der Waals surface area contributed by atoms with Crippen molar-refractivity contribution in [3.63, 3.8) is 0 Å². The lowest BCUT2D eigenvalue weighted by Crippen LogP contribution is -2.12. The molecule has 160 valence electrons. The summed E-state index contributed by atoms with van der Waals surface area (Å²) in [6.07, 6.45) is 0. The third-order valence-electron chi connectivity index (χ3n) is 6.81. The summed E-state index contributed by atoms with van der Waals surface area (Å²) in [5.74, 6) is 0. The zero-order valence-corrected chi connectivity index (χ0v) is 19.5. The average Bonchev–Trinajstić information content (AvgIpc) is 2.90. The Morgan fingerprint density at radius 1 is 0.382 bits per heavy atom. The normalized spacial score (nSPS) is 12.2. The Kier molecular flexibility index (Phi) is 4.50. The summed E-state index contributed by atoms with van der Waals surface area (Å²) in [4.78, 5) is 0. The Balaban J connectivity index is 1.64. The predicted octanol–water partition coefficient (Wildman–Crippen LogP) is 8.01. The van der Waals surface area contributed by atoms with Crippen LogP contribution in [-0.2, 0) is 0 Å². The number of hydrogen-bond donors (Lipinski definition) is 1. The molecule has 34 heavy (non-hydrogen) atoms. The minimum atomic E-state index is 0.575. The van der Waals surface area contributed by atoms with Gasteiger partial charge in [-0.15, -0.1) is 0 Å². The van der Waals surface area contributed by atoms with Gasteiger partial charge < -0.3 is 5.32 Å². The fraction of sp³-hybridized carbons (Fsp3) is 0. The maximum atomic E-state index is 3.98. The second-order valence-electron chi connectivity index (χ2n) is 8.76. The van der Waals surface area contributed by atoms with Crippen LogP contribution in [0.25, 0.3) is 43.8 Å². The average molecular weight is 452 g/mol. The molecule has 0 spiro atoms. The molecule has 2 heteroatoms. The molecule has 0 saturated carbocycles. The molecule has 1 aliphatic rings. The highest BCUT2D eigenvalue weighted by Crippen LogP contribution is 2.44. The molecule has 0 saturated heterocycles. The van der Waals surface area contributed by atoms with Gasteiger partial charge in [-0.05, 0) is 32.5 Å². The zero-order chi connectivity index (χ0) is 22.5. The highest BCUT2D eigenvalue weighted by atomic mass is 31.1. The lowest BCUT2D eigenvalue weighted by atomic mass is 9.95. The van der Waals surface area contributed by atoms with E-state index in [1.165, 1.54) is 65.8 Å². The SMILES string of the molecule is c1ccc2c(c1)Pc1ccccc1-c1ccc3ccccc3c1Nc1c-2ccc2ccccc12. The molecule has 1 aliphatic heterocycles. The minimum absolute atomic E-state index is 0.575. The first kappa shape index (κ1) is 19.5. The van der Waals surface area contributed by atoms with Gasteiger partial charge in [-0.2, -0.15) is 0 Å². The van der Waals surface area contributed by atoms with Gasteiger partial charge in [0.2, 0.25) is 0 Å². The fourth-order valence-electron chi connectivity index (χ4n) is 5.19. The molecule has 0 unspecified atom stereocenters. The van der Waals surface area contributed by atoms with Gasteiger partial charge in [-0.25, -0.2) is 0 Å². The van der Waals surface area contributed by atoms with E-state index < -0.39 is 0 Å². The van der Waals surface area contributed by atoms with Crippen molar-refractivity contribution in [2.24, 2.45) is 0 Å². The number of anilines is 2. The van der Waals surface area contributed by atoms with Crippen molar-refractivity contribution in [2.45, 2.75) is 0 Å². The minimum Gasteiger partial charge on any atom is -0.353 e. The van der Waals surface area contributed by atoms with Gasteiger partial charge in [0, 0.05) is 21.9 Å². The van der Waals surface area contributed by atoms with Crippen molar-refractivity contribution in [3.8, 4) is 22.3 Å². The molecule has 1 heterocycles. The van der Waals surface area contributed by atoms with Crippen LogP contribution in [-0.4, -0.2) is 0 Å². The highest BCUT2D eigenvalue weighted by Gasteiger charge is 2.20. The van der Waals surface area contributed by atoms with E-state index in [4.69, 9.17) is 0 Å². The maximum absolute atomic E-state index is 3.98. The second-order valence-corrected chi connectivity index (χ2v) is 10.1. The van der Waals surface area contributed by atoms with Crippen LogP contribution in [0, 0.1) is 0 Å². The number of rotatable bonds is 0. The van der Waals surface area contributed by atoms with E-state index >= 15 is 0 Å². The summed E-state index contributed by atoms with van der Waals surface area (Å²) < 4.78 is 0. The van der Waals surface area contributed by atoms with Gasteiger partial charge in [0.1, 0.15) is 0 Å². The quantitative estimate of drug-likeness (QED) is 0.230. The first-order valence-electron chi connectivity index (χ1n) is 11.6. The lowest BCUT2D eigenvalue weighted by Gasteiger charge is -2.24. The van der Waals surface area contributed by atoms with Gasteiger partial charge in [0.15, 0.2) is 0 Å². The first-order chi connectivity index (χ1) is 16.9. The molecule has 0 fully saturated rings. The molecule has 1 nitrogen and oxygen atoms in total. The zero-order valence-electron chi connectivity index (χ0n) is 18.5. The van der Waals surface area contributed by atoms with Crippen LogP contribution in [0.1, 0.15) is 0 Å². The van der Waals surface area contributed by atoms with Crippen LogP contribution in [0.2, 0.25) is 0 Å². The summed E-state index contributed by atoms with van der Waals surface area (Å²) in [6.45, 7) is 0. The standard InChI is InChI=1S/C32H22NP/c1-3-11-23-21(9-1)17-19-27-25-13-5-7-15-29(25)34-30-16-8-6-14-26(30)28-20-18-22-10-2-4-12-24(22)32(28)33-31(23)27/h1-20,33-34H. The Labute approximate surface area is 200 Å². The van der Waals surface area contributed by atoms with E-state index in [0.29, 0.717) is 8.58 Å². The summed E-state index contributed by atoms with van der Waals surface area (Å²) in [6, 6.07) is 44.2. The second kappa shape index (κ2) is 7.83. The molecule has 0 bridgehead atoms. The molecule has 0 radical (unpaired) electrons. The van der Waals surface area contributed by atoms with Crippen LogP contribution in [0.15, 0.2) is 121 Å². The van der Waals surface area contributed by atoms with Crippen molar-refractivity contribution >= 4 is 52.1 Å². The molecule has 6 aromatic carbocycles. The van der Waals surface area contributed by atoms with Crippen LogP contribution in [0.3, 0.4) is 0 Å². The van der Waals surface area contributed by atoms with Crippen LogP contribution < -0.4 is 15.9 Å². The third-order valence-corrected chi connectivity index (χ3v) is 8.22. The largest absolute Gasteiger partial charge is 0.353 e. The molecular weight excluding hydrogens is 429 g/mol. The van der Waals surface area contributed by atoms with E-state index in [0.717, 1.165) is 0 Å².